The first kappa shape index (κ1) is 14.4. The first-order chi connectivity index (χ1) is 11.1. The molecular weight excluding hydrogens is 300 g/mol. The van der Waals surface area contributed by atoms with Gasteiger partial charge >= 0.3 is 5.76 Å². The molecular formula is C14H12N6O3. The molecule has 1 amide bonds. The van der Waals surface area contributed by atoms with Gasteiger partial charge < -0.3 is 11.1 Å². The monoisotopic (exact) mass is 312 g/mol. The van der Waals surface area contributed by atoms with E-state index in [2.05, 4.69) is 29.9 Å². The number of carbonyl (C=O) groups is 1. The van der Waals surface area contributed by atoms with Crippen LogP contribution in [0, 0.1) is 0 Å². The van der Waals surface area contributed by atoms with E-state index in [1.807, 2.05) is 0 Å². The van der Waals surface area contributed by atoms with Crippen molar-refractivity contribution in [1.82, 2.24) is 25.4 Å². The molecule has 0 atom stereocenters. The van der Waals surface area contributed by atoms with Crippen molar-refractivity contribution >= 4 is 11.7 Å². The zero-order valence-electron chi connectivity index (χ0n) is 11.8. The Labute approximate surface area is 129 Å². The van der Waals surface area contributed by atoms with Crippen LogP contribution in [0.4, 0.5) is 5.82 Å². The Hall–Kier alpha value is -3.49. The number of nitrogens with zero attached hydrogens (tertiary/aromatic N) is 3. The largest absolute Gasteiger partial charge is 0.439 e. The lowest BCUT2D eigenvalue weighted by Gasteiger charge is -2.07. The second kappa shape index (κ2) is 6.10. The SMILES string of the molecule is Nc1ncncc1CNC(=O)c1ccc(-c2noc(=O)[nH]2)cc1. The summed E-state index contributed by atoms with van der Waals surface area (Å²) < 4.78 is 4.43. The average Bonchev–Trinajstić information content (AvgIpc) is 3.00. The number of benzene rings is 1. The Balaban J connectivity index is 1.68. The second-order valence-corrected chi connectivity index (χ2v) is 4.64. The molecule has 9 nitrogen and oxygen atoms in total. The van der Waals surface area contributed by atoms with Crippen molar-refractivity contribution in [2.75, 3.05) is 5.73 Å². The average molecular weight is 312 g/mol. The molecule has 0 aliphatic heterocycles. The predicted molar refractivity (Wildman–Crippen MR) is 80.2 cm³/mol. The Bertz CT molecular complexity index is 884. The topological polar surface area (TPSA) is 140 Å². The van der Waals surface area contributed by atoms with Crippen molar-refractivity contribution in [1.29, 1.82) is 0 Å². The zero-order valence-corrected chi connectivity index (χ0v) is 11.8. The maximum absolute atomic E-state index is 12.1. The summed E-state index contributed by atoms with van der Waals surface area (Å²) in [6.45, 7) is 0.226. The van der Waals surface area contributed by atoms with E-state index in [1.54, 1.807) is 30.5 Å². The molecule has 9 heteroatoms. The fourth-order valence-electron chi connectivity index (χ4n) is 1.92. The first-order valence-corrected chi connectivity index (χ1v) is 6.62. The van der Waals surface area contributed by atoms with Gasteiger partial charge in [0, 0.05) is 29.4 Å². The molecule has 3 aromatic rings. The molecule has 0 saturated heterocycles. The molecule has 0 spiro atoms. The third-order valence-electron chi connectivity index (χ3n) is 3.12. The van der Waals surface area contributed by atoms with Crippen LogP contribution in [0.2, 0.25) is 0 Å². The van der Waals surface area contributed by atoms with E-state index in [4.69, 9.17) is 5.73 Å². The van der Waals surface area contributed by atoms with Crippen LogP contribution < -0.4 is 16.8 Å². The first-order valence-electron chi connectivity index (χ1n) is 6.62. The second-order valence-electron chi connectivity index (χ2n) is 4.64. The van der Waals surface area contributed by atoms with Crippen LogP contribution in [0.3, 0.4) is 0 Å². The van der Waals surface area contributed by atoms with Crippen LogP contribution in [0.15, 0.2) is 46.1 Å². The highest BCUT2D eigenvalue weighted by atomic mass is 16.5. The molecule has 116 valence electrons. The summed E-state index contributed by atoms with van der Waals surface area (Å²) in [7, 11) is 0. The highest BCUT2D eigenvalue weighted by Gasteiger charge is 2.09. The maximum Gasteiger partial charge on any atom is 0.439 e. The number of hydrogen-bond donors (Lipinski definition) is 3. The summed E-state index contributed by atoms with van der Waals surface area (Å²) in [5, 5.41) is 6.30. The standard InChI is InChI=1S/C14H12N6O3/c15-11-10(5-16-7-18-11)6-17-13(21)9-3-1-8(2-4-9)12-19-14(22)23-20-12/h1-5,7H,6H2,(H,17,21)(H2,15,16,18)(H,19,20,22). The molecule has 23 heavy (non-hydrogen) atoms. The van der Waals surface area contributed by atoms with Gasteiger partial charge in [0.05, 0.1) is 0 Å². The van der Waals surface area contributed by atoms with E-state index in [9.17, 15) is 9.59 Å². The minimum Gasteiger partial charge on any atom is -0.383 e. The molecule has 0 unspecified atom stereocenters. The lowest BCUT2D eigenvalue weighted by Crippen LogP contribution is -2.23. The summed E-state index contributed by atoms with van der Waals surface area (Å²) in [5.74, 6) is -0.278. The maximum atomic E-state index is 12.1. The Morgan fingerprint density at radius 2 is 2.09 bits per heavy atom. The molecule has 2 heterocycles. The van der Waals surface area contributed by atoms with Gasteiger partial charge in [-0.25, -0.2) is 14.8 Å². The molecule has 3 rings (SSSR count). The van der Waals surface area contributed by atoms with Gasteiger partial charge in [-0.2, -0.15) is 0 Å². The fraction of sp³-hybridized carbons (Fsp3) is 0.0714. The van der Waals surface area contributed by atoms with Gasteiger partial charge in [-0.3, -0.25) is 14.3 Å². The minimum atomic E-state index is -0.635. The quantitative estimate of drug-likeness (QED) is 0.630. The van der Waals surface area contributed by atoms with E-state index < -0.39 is 5.76 Å². The summed E-state index contributed by atoms with van der Waals surface area (Å²) in [6, 6.07) is 6.54. The smallest absolute Gasteiger partial charge is 0.383 e. The van der Waals surface area contributed by atoms with Crippen molar-refractivity contribution in [3.05, 3.63) is 58.5 Å². The molecule has 0 fully saturated rings. The number of aromatic nitrogens is 4. The lowest BCUT2D eigenvalue weighted by molar-refractivity contribution is 0.0951. The van der Waals surface area contributed by atoms with E-state index >= 15 is 0 Å². The number of H-pyrrole nitrogens is 1. The molecule has 0 aliphatic rings. The van der Waals surface area contributed by atoms with Crippen molar-refractivity contribution in [2.45, 2.75) is 6.54 Å². The summed E-state index contributed by atoms with van der Waals surface area (Å²) >= 11 is 0. The molecule has 1 aromatic carbocycles. The van der Waals surface area contributed by atoms with Crippen LogP contribution >= 0.6 is 0 Å². The normalized spacial score (nSPS) is 10.4. The summed E-state index contributed by atoms with van der Waals surface area (Å²) in [5.41, 5.74) is 7.41. The van der Waals surface area contributed by atoms with Gasteiger partial charge in [0.1, 0.15) is 12.1 Å². The Morgan fingerprint density at radius 3 is 2.74 bits per heavy atom. The highest BCUT2D eigenvalue weighted by Crippen LogP contribution is 2.14. The van der Waals surface area contributed by atoms with E-state index in [1.165, 1.54) is 6.33 Å². The van der Waals surface area contributed by atoms with Crippen molar-refractivity contribution in [3.8, 4) is 11.4 Å². The van der Waals surface area contributed by atoms with Gasteiger partial charge in [0.15, 0.2) is 5.82 Å². The predicted octanol–water partition coefficient (Wildman–Crippen LogP) is 0.332. The van der Waals surface area contributed by atoms with Gasteiger partial charge in [-0.15, -0.1) is 0 Å². The fourth-order valence-corrected chi connectivity index (χ4v) is 1.92. The minimum absolute atomic E-state index is 0.226. The highest BCUT2D eigenvalue weighted by molar-refractivity contribution is 5.94. The number of amides is 1. The number of nitrogen functional groups attached to an aromatic ring is 1. The van der Waals surface area contributed by atoms with Crippen LogP contribution in [-0.2, 0) is 6.54 Å². The Kier molecular flexibility index (Phi) is 3.83. The number of aromatic amines is 1. The Morgan fingerprint density at radius 1 is 1.30 bits per heavy atom. The number of nitrogens with one attached hydrogen (secondary N) is 2. The summed E-state index contributed by atoms with van der Waals surface area (Å²) in [6.07, 6.45) is 2.89. The van der Waals surface area contributed by atoms with E-state index in [0.29, 0.717) is 28.3 Å². The molecule has 0 radical (unpaired) electrons. The zero-order chi connectivity index (χ0) is 16.2. The van der Waals surface area contributed by atoms with Crippen LogP contribution in [0.25, 0.3) is 11.4 Å². The van der Waals surface area contributed by atoms with Crippen LogP contribution in [-0.4, -0.2) is 26.0 Å². The summed E-state index contributed by atoms with van der Waals surface area (Å²) in [4.78, 5) is 33.1. The number of carbonyl (C=O) groups excluding carboxylic acids is 1. The number of hydrogen-bond acceptors (Lipinski definition) is 7. The molecule has 2 aromatic heterocycles. The van der Waals surface area contributed by atoms with Gasteiger partial charge in [-0.05, 0) is 12.1 Å². The third-order valence-corrected chi connectivity index (χ3v) is 3.12. The number of nitrogens with two attached hydrogens (primary N) is 1. The third kappa shape index (κ3) is 3.23. The molecule has 0 saturated carbocycles. The van der Waals surface area contributed by atoms with E-state index in [0.717, 1.165) is 0 Å². The lowest BCUT2D eigenvalue weighted by atomic mass is 10.1. The van der Waals surface area contributed by atoms with Crippen LogP contribution in [0.1, 0.15) is 15.9 Å². The van der Waals surface area contributed by atoms with Crippen molar-refractivity contribution in [3.63, 3.8) is 0 Å². The molecule has 0 aliphatic carbocycles. The number of anilines is 1. The van der Waals surface area contributed by atoms with Gasteiger partial charge in [0.2, 0.25) is 0 Å². The van der Waals surface area contributed by atoms with E-state index in [-0.39, 0.29) is 12.5 Å². The number of rotatable bonds is 4. The van der Waals surface area contributed by atoms with Crippen molar-refractivity contribution < 1.29 is 9.32 Å². The van der Waals surface area contributed by atoms with Crippen LogP contribution in [0.5, 0.6) is 0 Å². The van der Waals surface area contributed by atoms with Gasteiger partial charge in [-0.1, -0.05) is 17.3 Å². The molecule has 4 N–H and O–H groups in total. The molecule has 0 bridgehead atoms. The van der Waals surface area contributed by atoms with Gasteiger partial charge in [0.25, 0.3) is 5.91 Å². The van der Waals surface area contributed by atoms with Crippen molar-refractivity contribution in [2.24, 2.45) is 0 Å².